The molecule has 0 bridgehead atoms. The molecule has 1 aliphatic heterocycles. The van der Waals surface area contributed by atoms with E-state index in [1.807, 2.05) is 20.8 Å². The first-order valence-electron chi connectivity index (χ1n) is 10.9. The van der Waals surface area contributed by atoms with Gasteiger partial charge in [0.05, 0.1) is 17.7 Å². The van der Waals surface area contributed by atoms with Gasteiger partial charge in [0.1, 0.15) is 24.7 Å². The number of nitrogens with one attached hydrogen (secondary N) is 1. The summed E-state index contributed by atoms with van der Waals surface area (Å²) in [6, 6.07) is 11.4. The van der Waals surface area contributed by atoms with E-state index in [1.165, 1.54) is 11.0 Å². The van der Waals surface area contributed by atoms with Crippen molar-refractivity contribution in [2.45, 2.75) is 39.3 Å². The largest absolute Gasteiger partial charge is 0.488 e. The van der Waals surface area contributed by atoms with E-state index in [9.17, 15) is 14.0 Å². The van der Waals surface area contributed by atoms with Gasteiger partial charge >= 0.3 is 0 Å². The lowest BCUT2D eigenvalue weighted by Gasteiger charge is -2.26. The standard InChI is InChI=1S/C25H26ClFN4O3/c1-25(2,3)28-21(32)13-31(22(33)11-15-7-5-6-8-19(15)27)24-18-14-34-20-10-9-16(26)12-17(20)23(18)30(4)29-24/h5-10,12H,11,13-14H2,1-4H3,(H,28,32). The monoisotopic (exact) mass is 484 g/mol. The van der Waals surface area contributed by atoms with E-state index < -0.39 is 17.3 Å². The van der Waals surface area contributed by atoms with Crippen LogP contribution in [0.5, 0.6) is 5.75 Å². The molecule has 1 aromatic heterocycles. The molecule has 0 saturated heterocycles. The first-order valence-corrected chi connectivity index (χ1v) is 11.2. The van der Waals surface area contributed by atoms with E-state index in [4.69, 9.17) is 16.3 Å². The smallest absolute Gasteiger partial charge is 0.240 e. The number of rotatable bonds is 5. The first kappa shape index (κ1) is 23.8. The molecule has 0 aliphatic carbocycles. The molecule has 3 aromatic rings. The summed E-state index contributed by atoms with van der Waals surface area (Å²) >= 11 is 6.21. The molecule has 2 heterocycles. The van der Waals surface area contributed by atoms with Gasteiger partial charge in [0.25, 0.3) is 0 Å². The second-order valence-electron chi connectivity index (χ2n) is 9.25. The van der Waals surface area contributed by atoms with Crippen LogP contribution in [0.3, 0.4) is 0 Å². The lowest BCUT2D eigenvalue weighted by atomic mass is 10.0. The number of aryl methyl sites for hydroxylation is 1. The van der Waals surface area contributed by atoms with Crippen molar-refractivity contribution in [2.75, 3.05) is 11.4 Å². The molecule has 178 valence electrons. The number of ether oxygens (including phenoxy) is 1. The Bertz CT molecular complexity index is 1270. The topological polar surface area (TPSA) is 76.5 Å². The first-order chi connectivity index (χ1) is 16.0. The molecule has 9 heteroatoms. The van der Waals surface area contributed by atoms with Crippen molar-refractivity contribution in [3.05, 3.63) is 64.4 Å². The summed E-state index contributed by atoms with van der Waals surface area (Å²) in [5, 5.41) is 7.99. The Morgan fingerprint density at radius 1 is 1.24 bits per heavy atom. The van der Waals surface area contributed by atoms with E-state index >= 15 is 0 Å². The number of carbonyl (C=O) groups is 2. The van der Waals surface area contributed by atoms with Gasteiger partial charge in [-0.3, -0.25) is 19.2 Å². The molecule has 2 amide bonds. The molecule has 1 aliphatic rings. The maximum atomic E-state index is 14.3. The van der Waals surface area contributed by atoms with Crippen molar-refractivity contribution in [3.63, 3.8) is 0 Å². The van der Waals surface area contributed by atoms with Crippen LogP contribution in [0, 0.1) is 5.82 Å². The Morgan fingerprint density at radius 2 is 1.97 bits per heavy atom. The summed E-state index contributed by atoms with van der Waals surface area (Å²) in [5.41, 5.74) is 1.91. The minimum atomic E-state index is -0.486. The highest BCUT2D eigenvalue weighted by Gasteiger charge is 2.32. The average molecular weight is 485 g/mol. The fourth-order valence-corrected chi connectivity index (χ4v) is 4.16. The minimum Gasteiger partial charge on any atom is -0.488 e. The molecule has 2 aromatic carbocycles. The summed E-state index contributed by atoms with van der Waals surface area (Å²) < 4.78 is 21.8. The van der Waals surface area contributed by atoms with Crippen LogP contribution in [0.4, 0.5) is 10.2 Å². The number of nitrogens with zero attached hydrogens (tertiary/aromatic N) is 3. The predicted molar refractivity (Wildman–Crippen MR) is 128 cm³/mol. The van der Waals surface area contributed by atoms with Crippen molar-refractivity contribution in [1.82, 2.24) is 15.1 Å². The minimum absolute atomic E-state index is 0.164. The summed E-state index contributed by atoms with van der Waals surface area (Å²) in [4.78, 5) is 27.5. The van der Waals surface area contributed by atoms with Crippen molar-refractivity contribution in [1.29, 1.82) is 0 Å². The van der Waals surface area contributed by atoms with Crippen LogP contribution in [0.2, 0.25) is 5.02 Å². The zero-order chi connectivity index (χ0) is 24.6. The number of hydrogen-bond acceptors (Lipinski definition) is 4. The van der Waals surface area contributed by atoms with Crippen LogP contribution in [-0.4, -0.2) is 33.7 Å². The van der Waals surface area contributed by atoms with Gasteiger partial charge in [-0.2, -0.15) is 5.10 Å². The molecule has 0 fully saturated rings. The second-order valence-corrected chi connectivity index (χ2v) is 9.69. The number of fused-ring (bicyclic) bond motifs is 3. The van der Waals surface area contributed by atoms with Crippen molar-refractivity contribution < 1.29 is 18.7 Å². The maximum Gasteiger partial charge on any atom is 0.240 e. The molecule has 0 atom stereocenters. The molecule has 0 unspecified atom stereocenters. The van der Waals surface area contributed by atoms with Gasteiger partial charge in [0.2, 0.25) is 11.8 Å². The highest BCUT2D eigenvalue weighted by molar-refractivity contribution is 6.31. The molecule has 34 heavy (non-hydrogen) atoms. The number of amides is 2. The van der Waals surface area contributed by atoms with E-state index in [0.29, 0.717) is 22.2 Å². The summed E-state index contributed by atoms with van der Waals surface area (Å²) in [6.07, 6.45) is -0.218. The number of anilines is 1. The lowest BCUT2D eigenvalue weighted by Crippen LogP contribution is -2.48. The fraction of sp³-hybridized carbons (Fsp3) is 0.320. The molecule has 0 radical (unpaired) electrons. The van der Waals surface area contributed by atoms with Gasteiger partial charge in [-0.05, 0) is 50.6 Å². The summed E-state index contributed by atoms with van der Waals surface area (Å²) in [6.45, 7) is 5.46. The quantitative estimate of drug-likeness (QED) is 0.587. The van der Waals surface area contributed by atoms with E-state index in [2.05, 4.69) is 10.4 Å². The average Bonchev–Trinajstić information content (AvgIpc) is 3.09. The Kier molecular flexibility index (Phi) is 6.36. The van der Waals surface area contributed by atoms with Gasteiger partial charge < -0.3 is 10.1 Å². The lowest BCUT2D eigenvalue weighted by molar-refractivity contribution is -0.124. The van der Waals surface area contributed by atoms with Crippen LogP contribution in [0.25, 0.3) is 11.3 Å². The number of halogens is 2. The van der Waals surface area contributed by atoms with Crippen molar-refractivity contribution >= 4 is 29.2 Å². The van der Waals surface area contributed by atoms with E-state index in [-0.39, 0.29) is 31.0 Å². The van der Waals surface area contributed by atoms with Crippen molar-refractivity contribution in [2.24, 2.45) is 7.05 Å². The molecule has 0 spiro atoms. The molecular formula is C25H26ClFN4O3. The number of benzene rings is 2. The third kappa shape index (κ3) is 4.92. The Labute approximate surface area is 202 Å². The Balaban J connectivity index is 1.75. The third-order valence-corrected chi connectivity index (χ3v) is 5.60. The van der Waals surface area contributed by atoms with Gasteiger partial charge in [-0.25, -0.2) is 4.39 Å². The third-order valence-electron chi connectivity index (χ3n) is 5.37. The molecule has 4 rings (SSSR count). The molecular weight excluding hydrogens is 459 g/mol. The molecule has 7 nitrogen and oxygen atoms in total. The molecule has 1 N–H and O–H groups in total. The fourth-order valence-electron chi connectivity index (χ4n) is 3.99. The highest BCUT2D eigenvalue weighted by atomic mass is 35.5. The number of aromatic nitrogens is 2. The maximum absolute atomic E-state index is 14.3. The van der Waals surface area contributed by atoms with Crippen LogP contribution in [0.1, 0.15) is 31.9 Å². The van der Waals surface area contributed by atoms with Crippen LogP contribution >= 0.6 is 11.6 Å². The zero-order valence-corrected chi connectivity index (χ0v) is 20.2. The Morgan fingerprint density at radius 3 is 2.68 bits per heavy atom. The van der Waals surface area contributed by atoms with Crippen LogP contribution in [0.15, 0.2) is 42.5 Å². The molecule has 0 saturated carbocycles. The van der Waals surface area contributed by atoms with E-state index in [1.54, 1.807) is 48.1 Å². The normalized spacial score (nSPS) is 12.4. The predicted octanol–water partition coefficient (Wildman–Crippen LogP) is 4.26. The number of hydrogen-bond donors (Lipinski definition) is 1. The SMILES string of the molecule is Cn1nc(N(CC(=O)NC(C)(C)C)C(=O)Cc2ccccc2F)c2c1-c1cc(Cl)ccc1OC2. The van der Waals surface area contributed by atoms with Gasteiger partial charge in [0.15, 0.2) is 5.82 Å². The van der Waals surface area contributed by atoms with Crippen molar-refractivity contribution in [3.8, 4) is 17.0 Å². The van der Waals surface area contributed by atoms with E-state index in [0.717, 1.165) is 11.3 Å². The van der Waals surface area contributed by atoms with Gasteiger partial charge in [-0.1, -0.05) is 29.8 Å². The summed E-state index contributed by atoms with van der Waals surface area (Å²) in [5.74, 6) is -0.333. The highest BCUT2D eigenvalue weighted by Crippen LogP contribution is 2.42. The van der Waals surface area contributed by atoms with Crippen LogP contribution in [-0.2, 0) is 29.7 Å². The van der Waals surface area contributed by atoms with Crippen LogP contribution < -0.4 is 15.0 Å². The number of carbonyl (C=O) groups excluding carboxylic acids is 2. The second kappa shape index (κ2) is 9.10. The zero-order valence-electron chi connectivity index (χ0n) is 19.5. The van der Waals surface area contributed by atoms with Gasteiger partial charge in [-0.15, -0.1) is 0 Å². The summed E-state index contributed by atoms with van der Waals surface area (Å²) in [7, 11) is 1.76. The van der Waals surface area contributed by atoms with Gasteiger partial charge in [0, 0.05) is 23.2 Å². The Hall–Kier alpha value is -3.39.